The highest BCUT2D eigenvalue weighted by atomic mass is 32.2. The normalized spacial score (nSPS) is 12.1. The minimum absolute atomic E-state index is 0.344. The number of ether oxygens (including phenoxy) is 1. The first-order valence-electron chi connectivity index (χ1n) is 6.60. The number of carbonyl (C=O) groups excluding carboxylic acids is 1. The van der Waals surface area contributed by atoms with Gasteiger partial charge in [0.1, 0.15) is 5.75 Å². The zero-order valence-electron chi connectivity index (χ0n) is 12.2. The molecule has 0 unspecified atom stereocenters. The first-order chi connectivity index (χ1) is 10.1. The molecule has 21 heavy (non-hydrogen) atoms. The van der Waals surface area contributed by atoms with Crippen LogP contribution in [0.1, 0.15) is 13.8 Å². The van der Waals surface area contributed by atoms with Gasteiger partial charge in [-0.2, -0.15) is 0 Å². The molecule has 0 spiro atoms. The summed E-state index contributed by atoms with van der Waals surface area (Å²) in [5, 5.41) is 8.73. The molecule has 0 aliphatic rings. The second-order valence-electron chi connectivity index (χ2n) is 4.44. The number of aromatic nitrogens is 3. The van der Waals surface area contributed by atoms with Crippen molar-refractivity contribution in [3.63, 3.8) is 0 Å². The molecule has 7 heteroatoms. The largest absolute Gasteiger partial charge is 0.497 e. The molecular formula is C14H18N4O2S. The minimum Gasteiger partial charge on any atom is -0.497 e. The van der Waals surface area contributed by atoms with E-state index in [1.165, 1.54) is 11.8 Å². The van der Waals surface area contributed by atoms with Crippen LogP contribution in [0.15, 0.2) is 29.4 Å². The smallest absolute Gasteiger partial charge is 0.230 e. The summed E-state index contributed by atoms with van der Waals surface area (Å²) in [6.07, 6.45) is 0. The van der Waals surface area contributed by atoms with Gasteiger partial charge in [0, 0.05) is 12.1 Å². The molecule has 0 saturated carbocycles. The summed E-state index contributed by atoms with van der Waals surface area (Å²) in [4.78, 5) is 11.2. The Hall–Kier alpha value is -2.02. The van der Waals surface area contributed by atoms with Crippen molar-refractivity contribution in [1.82, 2.24) is 14.8 Å². The molecule has 2 N–H and O–H groups in total. The van der Waals surface area contributed by atoms with E-state index in [9.17, 15) is 4.79 Å². The van der Waals surface area contributed by atoms with Gasteiger partial charge in [-0.15, -0.1) is 10.2 Å². The van der Waals surface area contributed by atoms with E-state index < -0.39 is 0 Å². The van der Waals surface area contributed by atoms with Crippen LogP contribution in [-0.2, 0) is 11.3 Å². The molecule has 2 aromatic rings. The van der Waals surface area contributed by atoms with E-state index in [0.29, 0.717) is 11.7 Å². The molecule has 2 rings (SSSR count). The lowest BCUT2D eigenvalue weighted by atomic mass is 10.2. The van der Waals surface area contributed by atoms with E-state index in [1.807, 2.05) is 35.8 Å². The molecule has 6 nitrogen and oxygen atoms in total. The monoisotopic (exact) mass is 306 g/mol. The number of primary amides is 1. The van der Waals surface area contributed by atoms with Crippen molar-refractivity contribution in [3.8, 4) is 17.1 Å². The molecule has 0 aliphatic heterocycles. The number of hydrogen-bond acceptors (Lipinski definition) is 5. The molecule has 1 amide bonds. The van der Waals surface area contributed by atoms with Crippen molar-refractivity contribution in [2.24, 2.45) is 5.73 Å². The van der Waals surface area contributed by atoms with Crippen LogP contribution in [0.25, 0.3) is 11.4 Å². The number of thioether (sulfide) groups is 1. The number of carbonyl (C=O) groups is 1. The SMILES string of the molecule is CCn1c(S[C@@H](C)C(N)=O)nnc1-c1ccc(OC)cc1. The van der Waals surface area contributed by atoms with E-state index in [4.69, 9.17) is 10.5 Å². The van der Waals surface area contributed by atoms with Crippen molar-refractivity contribution < 1.29 is 9.53 Å². The fourth-order valence-electron chi connectivity index (χ4n) is 1.83. The average Bonchev–Trinajstić information content (AvgIpc) is 2.89. The van der Waals surface area contributed by atoms with Crippen molar-refractivity contribution in [1.29, 1.82) is 0 Å². The minimum atomic E-state index is -0.364. The van der Waals surface area contributed by atoms with Crippen molar-refractivity contribution in [2.45, 2.75) is 30.8 Å². The van der Waals surface area contributed by atoms with Gasteiger partial charge in [0.25, 0.3) is 0 Å². The number of nitrogens with two attached hydrogens (primary N) is 1. The average molecular weight is 306 g/mol. The lowest BCUT2D eigenvalue weighted by Gasteiger charge is -2.09. The van der Waals surface area contributed by atoms with Gasteiger partial charge in [-0.25, -0.2) is 0 Å². The van der Waals surface area contributed by atoms with Gasteiger partial charge in [-0.05, 0) is 38.1 Å². The van der Waals surface area contributed by atoms with Crippen LogP contribution >= 0.6 is 11.8 Å². The summed E-state index contributed by atoms with van der Waals surface area (Å²) in [6.45, 7) is 4.48. The Labute approximate surface area is 127 Å². The van der Waals surface area contributed by atoms with Crippen molar-refractivity contribution in [3.05, 3.63) is 24.3 Å². The van der Waals surface area contributed by atoms with Gasteiger partial charge in [0.15, 0.2) is 11.0 Å². The van der Waals surface area contributed by atoms with Crippen LogP contribution in [0, 0.1) is 0 Å². The maximum absolute atomic E-state index is 11.2. The molecule has 0 radical (unpaired) electrons. The first-order valence-corrected chi connectivity index (χ1v) is 7.48. The summed E-state index contributed by atoms with van der Waals surface area (Å²) < 4.78 is 7.11. The maximum Gasteiger partial charge on any atom is 0.230 e. The standard InChI is InChI=1S/C14H18N4O2S/c1-4-18-13(10-5-7-11(20-3)8-6-10)16-17-14(18)21-9(2)12(15)19/h5-9H,4H2,1-3H3,(H2,15,19)/t9-/m0/s1. The van der Waals surface area contributed by atoms with Crippen LogP contribution in [0.4, 0.5) is 0 Å². The lowest BCUT2D eigenvalue weighted by molar-refractivity contribution is -0.117. The molecule has 1 aromatic carbocycles. The molecule has 0 saturated heterocycles. The number of amides is 1. The Morgan fingerprint density at radius 2 is 2.05 bits per heavy atom. The highest BCUT2D eigenvalue weighted by molar-refractivity contribution is 8.00. The van der Waals surface area contributed by atoms with Crippen LogP contribution < -0.4 is 10.5 Å². The highest BCUT2D eigenvalue weighted by Crippen LogP contribution is 2.27. The van der Waals surface area contributed by atoms with Crippen molar-refractivity contribution >= 4 is 17.7 Å². The topological polar surface area (TPSA) is 83.0 Å². The molecule has 1 heterocycles. The van der Waals surface area contributed by atoms with E-state index >= 15 is 0 Å². The summed E-state index contributed by atoms with van der Waals surface area (Å²) in [5.74, 6) is 1.19. The molecule has 112 valence electrons. The Balaban J connectivity index is 2.32. The highest BCUT2D eigenvalue weighted by Gasteiger charge is 2.18. The third-order valence-corrected chi connectivity index (χ3v) is 4.16. The van der Waals surface area contributed by atoms with E-state index in [2.05, 4.69) is 10.2 Å². The van der Waals surface area contributed by atoms with E-state index in [0.717, 1.165) is 17.1 Å². The fourth-order valence-corrected chi connectivity index (χ4v) is 2.69. The van der Waals surface area contributed by atoms with Crippen LogP contribution in [0.3, 0.4) is 0 Å². The number of benzene rings is 1. The van der Waals surface area contributed by atoms with Gasteiger partial charge < -0.3 is 15.0 Å². The third kappa shape index (κ3) is 3.36. The lowest BCUT2D eigenvalue weighted by Crippen LogP contribution is -2.23. The second-order valence-corrected chi connectivity index (χ2v) is 5.75. The molecule has 1 aromatic heterocycles. The van der Waals surface area contributed by atoms with Gasteiger partial charge >= 0.3 is 0 Å². The predicted octanol–water partition coefficient (Wildman–Crippen LogP) is 1.94. The molecule has 0 bridgehead atoms. The van der Waals surface area contributed by atoms with E-state index in [1.54, 1.807) is 14.0 Å². The Bertz CT molecular complexity index is 624. The molecule has 0 aliphatic carbocycles. The Morgan fingerprint density at radius 1 is 1.38 bits per heavy atom. The summed E-state index contributed by atoms with van der Waals surface area (Å²) in [7, 11) is 1.63. The van der Waals surface area contributed by atoms with Crippen LogP contribution in [0.2, 0.25) is 0 Å². The summed E-state index contributed by atoms with van der Waals surface area (Å²) >= 11 is 1.32. The van der Waals surface area contributed by atoms with Gasteiger partial charge in [0.2, 0.25) is 5.91 Å². The zero-order valence-corrected chi connectivity index (χ0v) is 13.1. The third-order valence-electron chi connectivity index (χ3n) is 3.06. The zero-order chi connectivity index (χ0) is 15.4. The number of nitrogens with zero attached hydrogens (tertiary/aromatic N) is 3. The summed E-state index contributed by atoms with van der Waals surface area (Å²) in [5.41, 5.74) is 6.24. The fraction of sp³-hybridized carbons (Fsp3) is 0.357. The first kappa shape index (κ1) is 15.4. The summed E-state index contributed by atoms with van der Waals surface area (Å²) in [6, 6.07) is 7.62. The maximum atomic E-state index is 11.2. The molecular weight excluding hydrogens is 288 g/mol. The second kappa shape index (κ2) is 6.62. The number of rotatable bonds is 6. The predicted molar refractivity (Wildman–Crippen MR) is 82.2 cm³/mol. The van der Waals surface area contributed by atoms with Gasteiger partial charge in [-0.1, -0.05) is 11.8 Å². The van der Waals surface area contributed by atoms with Crippen molar-refractivity contribution in [2.75, 3.05) is 7.11 Å². The number of hydrogen-bond donors (Lipinski definition) is 1. The van der Waals surface area contributed by atoms with Gasteiger partial charge in [0.05, 0.1) is 12.4 Å². The van der Waals surface area contributed by atoms with Crippen LogP contribution in [0.5, 0.6) is 5.75 Å². The van der Waals surface area contributed by atoms with Crippen LogP contribution in [-0.4, -0.2) is 33.0 Å². The quantitative estimate of drug-likeness (QED) is 0.825. The molecule has 1 atom stereocenters. The molecule has 0 fully saturated rings. The van der Waals surface area contributed by atoms with E-state index in [-0.39, 0.29) is 11.2 Å². The van der Waals surface area contributed by atoms with Gasteiger partial charge in [-0.3, -0.25) is 4.79 Å². The Kier molecular flexibility index (Phi) is 4.85. The number of methoxy groups -OCH3 is 1. The Morgan fingerprint density at radius 3 is 2.57 bits per heavy atom.